The highest BCUT2D eigenvalue weighted by Crippen LogP contribution is 2.19. The van der Waals surface area contributed by atoms with E-state index in [1.165, 1.54) is 61.7 Å². The number of amides is 1. The Balaban J connectivity index is 1.96. The lowest BCUT2D eigenvalue weighted by Crippen LogP contribution is -2.22. The summed E-state index contributed by atoms with van der Waals surface area (Å²) in [6.07, 6.45) is 13.3. The summed E-state index contributed by atoms with van der Waals surface area (Å²) in [7, 11) is 0. The van der Waals surface area contributed by atoms with Crippen molar-refractivity contribution in [2.24, 2.45) is 5.10 Å². The normalized spacial score (nSPS) is 15.9. The molecule has 19 heavy (non-hydrogen) atoms. The number of thiocarbonyl (C=S) groups is 1. The first kappa shape index (κ1) is 16.6. The fourth-order valence-electron chi connectivity index (χ4n) is 1.97. The van der Waals surface area contributed by atoms with Crippen LogP contribution in [-0.2, 0) is 4.79 Å². The van der Waals surface area contributed by atoms with Gasteiger partial charge in [0.25, 0.3) is 5.91 Å². The van der Waals surface area contributed by atoms with Crippen LogP contribution in [0.15, 0.2) is 5.10 Å². The second kappa shape index (κ2) is 10.4. The number of hydrazone groups is 1. The molecular formula is C14H24N2OS2. The van der Waals surface area contributed by atoms with E-state index in [-0.39, 0.29) is 5.91 Å². The number of carbonyl (C=O) groups excluding carboxylic acids is 1. The first-order valence-electron chi connectivity index (χ1n) is 7.28. The van der Waals surface area contributed by atoms with Gasteiger partial charge in [-0.3, -0.25) is 4.79 Å². The molecule has 1 amide bonds. The maximum absolute atomic E-state index is 11.4. The van der Waals surface area contributed by atoms with Crippen LogP contribution in [0.4, 0.5) is 0 Å². The number of unbranched alkanes of at least 4 members (excludes halogenated alkanes) is 8. The molecule has 1 rings (SSSR count). The minimum atomic E-state index is 0.00201. The monoisotopic (exact) mass is 300 g/mol. The molecule has 0 aromatic carbocycles. The van der Waals surface area contributed by atoms with Crippen LogP contribution in [0.5, 0.6) is 0 Å². The molecular weight excluding hydrogens is 276 g/mol. The highest BCUT2D eigenvalue weighted by molar-refractivity contribution is 8.23. The SMILES string of the molecule is CCCCCCCCCC/C=N/N1C(=O)CSC1=S. The lowest BCUT2D eigenvalue weighted by molar-refractivity contribution is -0.124. The fourth-order valence-corrected chi connectivity index (χ4v) is 2.93. The molecule has 5 heteroatoms. The summed E-state index contributed by atoms with van der Waals surface area (Å²) < 4.78 is 0.581. The fraction of sp³-hybridized carbons (Fsp3) is 0.786. The molecule has 0 atom stereocenters. The molecule has 0 aromatic heterocycles. The largest absolute Gasteiger partial charge is 0.272 e. The molecule has 0 radical (unpaired) electrons. The topological polar surface area (TPSA) is 32.7 Å². The summed E-state index contributed by atoms with van der Waals surface area (Å²) in [4.78, 5) is 11.4. The van der Waals surface area contributed by atoms with Crippen LogP contribution >= 0.6 is 24.0 Å². The molecule has 1 fully saturated rings. The first-order valence-corrected chi connectivity index (χ1v) is 8.67. The van der Waals surface area contributed by atoms with Crippen molar-refractivity contribution in [3.8, 4) is 0 Å². The van der Waals surface area contributed by atoms with Gasteiger partial charge < -0.3 is 0 Å². The van der Waals surface area contributed by atoms with Gasteiger partial charge in [-0.25, -0.2) is 0 Å². The second-order valence-corrected chi connectivity index (χ2v) is 6.43. The van der Waals surface area contributed by atoms with Crippen LogP contribution in [0, 0.1) is 0 Å². The summed E-state index contributed by atoms with van der Waals surface area (Å²) in [6.45, 7) is 2.24. The summed E-state index contributed by atoms with van der Waals surface area (Å²) in [5.74, 6) is 0.440. The Bertz CT molecular complexity index is 303. The predicted molar refractivity (Wildman–Crippen MR) is 87.6 cm³/mol. The van der Waals surface area contributed by atoms with E-state index < -0.39 is 0 Å². The average molecular weight is 300 g/mol. The van der Waals surface area contributed by atoms with E-state index in [2.05, 4.69) is 12.0 Å². The zero-order valence-electron chi connectivity index (χ0n) is 11.8. The van der Waals surface area contributed by atoms with Gasteiger partial charge >= 0.3 is 0 Å². The van der Waals surface area contributed by atoms with E-state index in [1.807, 2.05) is 6.21 Å². The molecule has 1 saturated heterocycles. The standard InChI is InChI=1S/C14H24N2OS2/c1-2-3-4-5-6-7-8-9-10-11-15-16-13(17)12-19-14(16)18/h11H,2-10,12H2,1H3/b15-11+. The molecule has 108 valence electrons. The van der Waals surface area contributed by atoms with Crippen molar-refractivity contribution in [1.29, 1.82) is 0 Å². The van der Waals surface area contributed by atoms with E-state index >= 15 is 0 Å². The average Bonchev–Trinajstić information content (AvgIpc) is 2.72. The van der Waals surface area contributed by atoms with Crippen LogP contribution in [0.3, 0.4) is 0 Å². The molecule has 0 N–H and O–H groups in total. The lowest BCUT2D eigenvalue weighted by Gasteiger charge is -2.06. The van der Waals surface area contributed by atoms with E-state index in [9.17, 15) is 4.79 Å². The van der Waals surface area contributed by atoms with Crippen LogP contribution in [0.25, 0.3) is 0 Å². The third-order valence-corrected chi connectivity index (χ3v) is 4.45. The number of nitrogens with zero attached hydrogens (tertiary/aromatic N) is 2. The molecule has 0 saturated carbocycles. The van der Waals surface area contributed by atoms with E-state index in [0.717, 1.165) is 12.8 Å². The van der Waals surface area contributed by atoms with Crippen molar-refractivity contribution in [2.75, 3.05) is 5.75 Å². The van der Waals surface area contributed by atoms with Crippen LogP contribution < -0.4 is 0 Å². The molecule has 0 aliphatic carbocycles. The zero-order chi connectivity index (χ0) is 13.9. The minimum absolute atomic E-state index is 0.00201. The number of hydrogen-bond acceptors (Lipinski definition) is 4. The Morgan fingerprint density at radius 2 is 1.84 bits per heavy atom. The Morgan fingerprint density at radius 1 is 1.21 bits per heavy atom. The summed E-state index contributed by atoms with van der Waals surface area (Å²) in [5.41, 5.74) is 0. The van der Waals surface area contributed by atoms with Gasteiger partial charge in [-0.2, -0.15) is 10.1 Å². The van der Waals surface area contributed by atoms with Gasteiger partial charge in [0, 0.05) is 6.21 Å². The number of hydrogen-bond donors (Lipinski definition) is 0. The number of rotatable bonds is 10. The third kappa shape index (κ3) is 7.06. The quantitative estimate of drug-likeness (QED) is 0.341. The Kier molecular flexibility index (Phi) is 9.08. The second-order valence-electron chi connectivity index (χ2n) is 4.82. The van der Waals surface area contributed by atoms with Crippen molar-refractivity contribution in [1.82, 2.24) is 5.01 Å². The number of carbonyl (C=O) groups is 1. The van der Waals surface area contributed by atoms with Crippen molar-refractivity contribution < 1.29 is 4.79 Å². The molecule has 3 nitrogen and oxygen atoms in total. The van der Waals surface area contributed by atoms with Crippen molar-refractivity contribution >= 4 is 40.4 Å². The highest BCUT2D eigenvalue weighted by atomic mass is 32.2. The Morgan fingerprint density at radius 3 is 2.42 bits per heavy atom. The molecule has 1 aliphatic heterocycles. The van der Waals surface area contributed by atoms with E-state index in [1.54, 1.807) is 0 Å². The third-order valence-electron chi connectivity index (χ3n) is 3.11. The highest BCUT2D eigenvalue weighted by Gasteiger charge is 2.25. The van der Waals surface area contributed by atoms with Crippen molar-refractivity contribution in [3.63, 3.8) is 0 Å². The maximum atomic E-state index is 11.4. The van der Waals surface area contributed by atoms with Gasteiger partial charge in [0.1, 0.15) is 0 Å². The van der Waals surface area contributed by atoms with E-state index in [0.29, 0.717) is 10.1 Å². The van der Waals surface area contributed by atoms with Gasteiger partial charge in [0.15, 0.2) is 4.32 Å². The van der Waals surface area contributed by atoms with Gasteiger partial charge in [0.05, 0.1) is 5.75 Å². The number of thioether (sulfide) groups is 1. The summed E-state index contributed by atoms with van der Waals surface area (Å²) in [5, 5.41) is 5.49. The van der Waals surface area contributed by atoms with Crippen LogP contribution in [0.2, 0.25) is 0 Å². The van der Waals surface area contributed by atoms with Crippen molar-refractivity contribution in [3.05, 3.63) is 0 Å². The first-order chi connectivity index (χ1) is 9.25. The minimum Gasteiger partial charge on any atom is -0.272 e. The predicted octanol–water partition coefficient (Wildman–Crippen LogP) is 4.36. The van der Waals surface area contributed by atoms with Gasteiger partial charge in [-0.05, 0) is 12.8 Å². The van der Waals surface area contributed by atoms with Gasteiger partial charge in [-0.15, -0.1) is 0 Å². The lowest BCUT2D eigenvalue weighted by atomic mass is 10.1. The molecule has 0 aromatic rings. The Labute approximate surface area is 126 Å². The summed E-state index contributed by atoms with van der Waals surface area (Å²) >= 11 is 6.43. The molecule has 0 bridgehead atoms. The smallest absolute Gasteiger partial charge is 0.259 e. The van der Waals surface area contributed by atoms with Crippen LogP contribution in [-0.4, -0.2) is 27.2 Å². The van der Waals surface area contributed by atoms with E-state index in [4.69, 9.17) is 12.2 Å². The van der Waals surface area contributed by atoms with Crippen molar-refractivity contribution in [2.45, 2.75) is 64.7 Å². The molecule has 0 spiro atoms. The maximum Gasteiger partial charge on any atom is 0.259 e. The zero-order valence-corrected chi connectivity index (χ0v) is 13.4. The Hall–Kier alpha value is -0.420. The summed E-state index contributed by atoms with van der Waals surface area (Å²) in [6, 6.07) is 0. The van der Waals surface area contributed by atoms with Crippen LogP contribution in [0.1, 0.15) is 64.7 Å². The van der Waals surface area contributed by atoms with Gasteiger partial charge in [0.2, 0.25) is 0 Å². The molecule has 1 aliphatic rings. The molecule has 1 heterocycles. The van der Waals surface area contributed by atoms with Gasteiger partial charge in [-0.1, -0.05) is 75.8 Å². The molecule has 0 unspecified atom stereocenters.